The molecule has 0 spiro atoms. The van der Waals surface area contributed by atoms with Crippen molar-refractivity contribution in [1.82, 2.24) is 14.1 Å². The summed E-state index contributed by atoms with van der Waals surface area (Å²) < 4.78 is 2.50. The van der Waals surface area contributed by atoms with E-state index in [1.54, 1.807) is 13.2 Å². The Kier molecular flexibility index (Phi) is 3.75. The lowest BCUT2D eigenvalue weighted by Crippen LogP contribution is -2.37. The fourth-order valence-electron chi connectivity index (χ4n) is 2.98. The van der Waals surface area contributed by atoms with E-state index >= 15 is 0 Å². The molecule has 0 unspecified atom stereocenters. The van der Waals surface area contributed by atoms with Crippen LogP contribution < -0.4 is 16.6 Å². The molecule has 1 aromatic carbocycles. The second-order valence-electron chi connectivity index (χ2n) is 6.22. The molecule has 0 atom stereocenters. The zero-order chi connectivity index (χ0) is 17.6. The number of nitrogens with zero attached hydrogens (tertiary/aromatic N) is 3. The van der Waals surface area contributed by atoms with Gasteiger partial charge in [0, 0.05) is 26.0 Å². The molecular weight excluding hydrogens is 304 g/mol. The quantitative estimate of drug-likeness (QED) is 0.785. The first-order chi connectivity index (χ1) is 11.3. The molecule has 0 saturated carbocycles. The first-order valence-electron chi connectivity index (χ1n) is 7.70. The highest BCUT2D eigenvalue weighted by molar-refractivity contribution is 5.92. The summed E-state index contributed by atoms with van der Waals surface area (Å²) in [5.41, 5.74) is 4.33. The minimum atomic E-state index is -0.388. The SMILES string of the molecule is Cc1cc(C)cc(Nc2c(C)cnc3c2c(=O)n(C)c(=O)n3C)c1. The van der Waals surface area contributed by atoms with Crippen LogP contribution in [0.4, 0.5) is 11.4 Å². The lowest BCUT2D eigenvalue weighted by molar-refractivity contribution is 0.707. The van der Waals surface area contributed by atoms with Gasteiger partial charge in [-0.25, -0.2) is 9.78 Å². The molecule has 1 N–H and O–H groups in total. The first-order valence-corrected chi connectivity index (χ1v) is 7.70. The number of rotatable bonds is 2. The highest BCUT2D eigenvalue weighted by Gasteiger charge is 2.16. The van der Waals surface area contributed by atoms with E-state index in [9.17, 15) is 9.59 Å². The van der Waals surface area contributed by atoms with Crippen LogP contribution in [0.15, 0.2) is 34.0 Å². The predicted molar refractivity (Wildman–Crippen MR) is 96.2 cm³/mol. The molecule has 3 aromatic rings. The fraction of sp³-hybridized carbons (Fsp3) is 0.278. The lowest BCUT2D eigenvalue weighted by Gasteiger charge is -2.15. The maximum Gasteiger partial charge on any atom is 0.332 e. The smallest absolute Gasteiger partial charge is 0.332 e. The Bertz CT molecular complexity index is 1060. The minimum Gasteiger partial charge on any atom is -0.354 e. The predicted octanol–water partition coefficient (Wildman–Crippen LogP) is 2.30. The van der Waals surface area contributed by atoms with Gasteiger partial charge in [-0.3, -0.25) is 13.9 Å². The van der Waals surface area contributed by atoms with Gasteiger partial charge in [-0.2, -0.15) is 0 Å². The molecule has 124 valence electrons. The van der Waals surface area contributed by atoms with Crippen molar-refractivity contribution < 1.29 is 0 Å². The monoisotopic (exact) mass is 324 g/mol. The molecule has 6 nitrogen and oxygen atoms in total. The lowest BCUT2D eigenvalue weighted by atomic mass is 10.1. The number of nitrogens with one attached hydrogen (secondary N) is 1. The molecule has 0 saturated heterocycles. The van der Waals surface area contributed by atoms with Gasteiger partial charge in [0.25, 0.3) is 5.56 Å². The molecular formula is C18H20N4O2. The van der Waals surface area contributed by atoms with E-state index in [0.29, 0.717) is 16.7 Å². The molecule has 0 radical (unpaired) electrons. The molecule has 0 aliphatic carbocycles. The second-order valence-corrected chi connectivity index (χ2v) is 6.22. The van der Waals surface area contributed by atoms with Crippen molar-refractivity contribution in [1.29, 1.82) is 0 Å². The minimum absolute atomic E-state index is 0.351. The van der Waals surface area contributed by atoms with Crippen LogP contribution >= 0.6 is 0 Å². The summed E-state index contributed by atoms with van der Waals surface area (Å²) in [6.07, 6.45) is 1.67. The van der Waals surface area contributed by atoms with Gasteiger partial charge in [-0.1, -0.05) is 6.07 Å². The number of aryl methyl sites for hydroxylation is 4. The van der Waals surface area contributed by atoms with Gasteiger partial charge < -0.3 is 5.32 Å². The third kappa shape index (κ3) is 2.50. The molecule has 2 heterocycles. The van der Waals surface area contributed by atoms with Gasteiger partial charge in [0.2, 0.25) is 0 Å². The van der Waals surface area contributed by atoms with E-state index in [-0.39, 0.29) is 11.2 Å². The van der Waals surface area contributed by atoms with E-state index in [1.807, 2.05) is 32.9 Å². The fourth-order valence-corrected chi connectivity index (χ4v) is 2.98. The molecule has 0 fully saturated rings. The van der Waals surface area contributed by atoms with Gasteiger partial charge in [0.05, 0.1) is 5.69 Å². The Morgan fingerprint density at radius 3 is 2.21 bits per heavy atom. The van der Waals surface area contributed by atoms with Crippen molar-refractivity contribution in [2.45, 2.75) is 20.8 Å². The van der Waals surface area contributed by atoms with Crippen LogP contribution in [0.1, 0.15) is 16.7 Å². The molecule has 24 heavy (non-hydrogen) atoms. The van der Waals surface area contributed by atoms with Crippen LogP contribution in [0.2, 0.25) is 0 Å². The number of hydrogen-bond donors (Lipinski definition) is 1. The summed E-state index contributed by atoms with van der Waals surface area (Å²) in [7, 11) is 3.10. The maximum absolute atomic E-state index is 12.7. The van der Waals surface area contributed by atoms with Crippen molar-refractivity contribution in [3.63, 3.8) is 0 Å². The Labute approximate surface area is 139 Å². The summed E-state index contributed by atoms with van der Waals surface area (Å²) in [6.45, 7) is 5.94. The Balaban J connectivity index is 2.33. The number of anilines is 2. The van der Waals surface area contributed by atoms with Crippen LogP contribution in [0.25, 0.3) is 11.0 Å². The third-order valence-corrected chi connectivity index (χ3v) is 4.15. The normalized spacial score (nSPS) is 11.0. The van der Waals surface area contributed by atoms with Gasteiger partial charge in [-0.15, -0.1) is 0 Å². The van der Waals surface area contributed by atoms with Crippen molar-refractivity contribution in [2.75, 3.05) is 5.32 Å². The number of fused-ring (bicyclic) bond motifs is 1. The van der Waals surface area contributed by atoms with Gasteiger partial charge in [0.1, 0.15) is 5.39 Å². The van der Waals surface area contributed by atoms with Crippen molar-refractivity contribution in [3.8, 4) is 0 Å². The van der Waals surface area contributed by atoms with Crippen molar-refractivity contribution >= 4 is 22.4 Å². The summed E-state index contributed by atoms with van der Waals surface area (Å²) in [6, 6.07) is 6.13. The molecule has 2 aromatic heterocycles. The first kappa shape index (κ1) is 16.0. The van der Waals surface area contributed by atoms with Crippen molar-refractivity contribution in [2.24, 2.45) is 14.1 Å². The zero-order valence-electron chi connectivity index (χ0n) is 14.5. The van der Waals surface area contributed by atoms with Crippen molar-refractivity contribution in [3.05, 3.63) is 61.9 Å². The van der Waals surface area contributed by atoms with E-state index in [2.05, 4.69) is 16.4 Å². The van der Waals surface area contributed by atoms with E-state index < -0.39 is 0 Å². The second kappa shape index (κ2) is 5.63. The largest absolute Gasteiger partial charge is 0.354 e. The number of benzene rings is 1. The van der Waals surface area contributed by atoms with Gasteiger partial charge in [0.15, 0.2) is 5.65 Å². The van der Waals surface area contributed by atoms with Crippen LogP contribution in [0.5, 0.6) is 0 Å². The van der Waals surface area contributed by atoms with Gasteiger partial charge in [-0.05, 0) is 49.6 Å². The number of pyridine rings is 1. The maximum atomic E-state index is 12.7. The molecule has 0 aliphatic rings. The van der Waals surface area contributed by atoms with E-state index in [0.717, 1.165) is 26.9 Å². The Morgan fingerprint density at radius 2 is 1.58 bits per heavy atom. The molecule has 3 rings (SSSR count). The highest BCUT2D eigenvalue weighted by atomic mass is 16.2. The summed E-state index contributed by atoms with van der Waals surface area (Å²) in [4.78, 5) is 29.1. The third-order valence-electron chi connectivity index (χ3n) is 4.15. The number of aromatic nitrogens is 3. The standard InChI is InChI=1S/C18H20N4O2/c1-10-6-11(2)8-13(7-10)20-15-12(3)9-19-16-14(15)17(23)22(5)18(24)21(16)4/h6-9H,1-5H3,(H,19,20). The van der Waals surface area contributed by atoms with Crippen LogP contribution in [-0.2, 0) is 14.1 Å². The molecule has 0 bridgehead atoms. The van der Waals surface area contributed by atoms with Crippen LogP contribution in [-0.4, -0.2) is 14.1 Å². The summed E-state index contributed by atoms with van der Waals surface area (Å²) >= 11 is 0. The Hall–Kier alpha value is -2.89. The Morgan fingerprint density at radius 1 is 0.958 bits per heavy atom. The highest BCUT2D eigenvalue weighted by Crippen LogP contribution is 2.26. The average Bonchev–Trinajstić information content (AvgIpc) is 2.51. The topological polar surface area (TPSA) is 68.9 Å². The summed E-state index contributed by atoms with van der Waals surface area (Å²) in [5, 5.41) is 3.76. The van der Waals surface area contributed by atoms with Crippen LogP contribution in [0.3, 0.4) is 0 Å². The molecule has 6 heteroatoms. The zero-order valence-corrected chi connectivity index (χ0v) is 14.5. The van der Waals surface area contributed by atoms with E-state index in [1.165, 1.54) is 11.6 Å². The molecule has 0 amide bonds. The average molecular weight is 324 g/mol. The van der Waals surface area contributed by atoms with Gasteiger partial charge >= 0.3 is 5.69 Å². The summed E-state index contributed by atoms with van der Waals surface area (Å²) in [5.74, 6) is 0. The number of hydrogen-bond acceptors (Lipinski definition) is 4. The molecule has 0 aliphatic heterocycles. The van der Waals surface area contributed by atoms with Crippen LogP contribution in [0, 0.1) is 20.8 Å². The van der Waals surface area contributed by atoms with E-state index in [4.69, 9.17) is 0 Å².